The van der Waals surface area contributed by atoms with Gasteiger partial charge < -0.3 is 9.47 Å². The van der Waals surface area contributed by atoms with E-state index in [0.29, 0.717) is 17.1 Å². The number of carbonyl (C=O) groups excluding carboxylic acids is 1. The lowest BCUT2D eigenvalue weighted by Gasteiger charge is -2.11. The number of nitro groups is 1. The van der Waals surface area contributed by atoms with Gasteiger partial charge >= 0.3 is 5.97 Å². The van der Waals surface area contributed by atoms with Gasteiger partial charge in [0.15, 0.2) is 0 Å². The molecule has 0 aliphatic carbocycles. The maximum Gasteiger partial charge on any atom is 0.330 e. The summed E-state index contributed by atoms with van der Waals surface area (Å²) in [6.07, 6.45) is 1.10. The molecule has 2 rings (SSSR count). The molecule has 0 saturated carbocycles. The number of rotatable bonds is 8. The Morgan fingerprint density at radius 1 is 1.15 bits per heavy atom. The summed E-state index contributed by atoms with van der Waals surface area (Å²) in [5.41, 5.74) is 2.89. The summed E-state index contributed by atoms with van der Waals surface area (Å²) in [4.78, 5) is 21.2. The predicted octanol–water partition coefficient (Wildman–Crippen LogP) is 4.74. The number of hydrogen-bond donors (Lipinski definition) is 0. The van der Waals surface area contributed by atoms with Gasteiger partial charge in [0.1, 0.15) is 19.0 Å². The van der Waals surface area contributed by atoms with E-state index in [1.54, 1.807) is 0 Å². The Hall–Kier alpha value is -3.55. The third kappa shape index (κ3) is 5.74. The summed E-state index contributed by atoms with van der Waals surface area (Å²) in [5.74, 6) is 0.171. The number of nitrogens with zero attached hydrogens (tertiary/aromatic N) is 3. The third-order valence-corrected chi connectivity index (χ3v) is 3.58. The molecule has 0 spiro atoms. The smallest absolute Gasteiger partial charge is 0.330 e. The summed E-state index contributed by atoms with van der Waals surface area (Å²) in [7, 11) is 0. The molecular weight excluding hydrogens is 350 g/mol. The standard InChI is InChI=1S/C19H19N3O5/c1-4-19(23)27-10-9-26-18-12-13(2)17(11-14(18)3)21-20-15-5-7-16(8-6-15)22(24)25/h4-8,11-12H,1,9-10H2,2-3H3. The molecule has 2 aromatic rings. The predicted molar refractivity (Wildman–Crippen MR) is 99.8 cm³/mol. The maximum absolute atomic E-state index is 11.0. The van der Waals surface area contributed by atoms with Gasteiger partial charge in [-0.05, 0) is 49.2 Å². The van der Waals surface area contributed by atoms with Crippen molar-refractivity contribution in [1.82, 2.24) is 0 Å². The van der Waals surface area contributed by atoms with E-state index in [-0.39, 0.29) is 18.9 Å². The number of non-ortho nitro benzene ring substituents is 1. The largest absolute Gasteiger partial charge is 0.490 e. The molecule has 0 aliphatic heterocycles. The second kappa shape index (κ2) is 9.23. The zero-order chi connectivity index (χ0) is 19.8. The van der Waals surface area contributed by atoms with Crippen LogP contribution in [0.4, 0.5) is 17.1 Å². The SMILES string of the molecule is C=CC(=O)OCCOc1cc(C)c(N=Nc2ccc([N+](=O)[O-])cc2)cc1C. The Morgan fingerprint density at radius 2 is 1.85 bits per heavy atom. The van der Waals surface area contributed by atoms with Crippen molar-refractivity contribution in [2.75, 3.05) is 13.2 Å². The van der Waals surface area contributed by atoms with Crippen molar-refractivity contribution >= 4 is 23.0 Å². The number of ether oxygens (including phenoxy) is 2. The van der Waals surface area contributed by atoms with E-state index in [2.05, 4.69) is 16.8 Å². The average Bonchev–Trinajstić information content (AvgIpc) is 2.66. The van der Waals surface area contributed by atoms with Crippen molar-refractivity contribution < 1.29 is 19.2 Å². The van der Waals surface area contributed by atoms with E-state index in [1.165, 1.54) is 24.3 Å². The summed E-state index contributed by atoms with van der Waals surface area (Å²) >= 11 is 0. The van der Waals surface area contributed by atoms with Crippen molar-refractivity contribution in [3.63, 3.8) is 0 Å². The summed E-state index contributed by atoms with van der Waals surface area (Å²) in [6.45, 7) is 7.42. The number of azo groups is 1. The first kappa shape index (κ1) is 19.8. The highest BCUT2D eigenvalue weighted by Crippen LogP contribution is 2.30. The second-order valence-corrected chi connectivity index (χ2v) is 5.60. The van der Waals surface area contributed by atoms with Crippen molar-refractivity contribution in [3.8, 4) is 5.75 Å². The summed E-state index contributed by atoms with van der Waals surface area (Å²) in [6, 6.07) is 9.48. The Bertz CT molecular complexity index is 876. The minimum Gasteiger partial charge on any atom is -0.490 e. The summed E-state index contributed by atoms with van der Waals surface area (Å²) < 4.78 is 10.5. The molecule has 8 nitrogen and oxygen atoms in total. The molecule has 0 bridgehead atoms. The minimum absolute atomic E-state index is 0.00115. The molecule has 27 heavy (non-hydrogen) atoms. The Labute approximate surface area is 156 Å². The number of benzene rings is 2. The first-order valence-corrected chi connectivity index (χ1v) is 8.10. The Morgan fingerprint density at radius 3 is 2.48 bits per heavy atom. The third-order valence-electron chi connectivity index (χ3n) is 3.58. The van der Waals surface area contributed by atoms with E-state index in [1.807, 2.05) is 26.0 Å². The van der Waals surface area contributed by atoms with Gasteiger partial charge in [-0.25, -0.2) is 4.79 Å². The maximum atomic E-state index is 11.0. The lowest BCUT2D eigenvalue weighted by molar-refractivity contribution is -0.384. The van der Waals surface area contributed by atoms with Crippen LogP contribution in [0.3, 0.4) is 0 Å². The van der Waals surface area contributed by atoms with E-state index >= 15 is 0 Å². The van der Waals surface area contributed by atoms with Crippen molar-refractivity contribution in [1.29, 1.82) is 0 Å². The van der Waals surface area contributed by atoms with Gasteiger partial charge in [-0.3, -0.25) is 10.1 Å². The first-order chi connectivity index (χ1) is 12.9. The second-order valence-electron chi connectivity index (χ2n) is 5.60. The van der Waals surface area contributed by atoms with Crippen LogP contribution < -0.4 is 4.74 Å². The molecule has 0 heterocycles. The molecule has 0 atom stereocenters. The Balaban J connectivity index is 2.03. The van der Waals surface area contributed by atoms with Crippen LogP contribution in [0.15, 0.2) is 59.3 Å². The van der Waals surface area contributed by atoms with Gasteiger partial charge in [0.2, 0.25) is 0 Å². The highest BCUT2D eigenvalue weighted by Gasteiger charge is 2.07. The number of carbonyl (C=O) groups is 1. The van der Waals surface area contributed by atoms with Crippen LogP contribution in [0.2, 0.25) is 0 Å². The quantitative estimate of drug-likeness (QED) is 0.167. The molecule has 8 heteroatoms. The molecular formula is C19H19N3O5. The fourth-order valence-electron chi connectivity index (χ4n) is 2.14. The van der Waals surface area contributed by atoms with Crippen LogP contribution in [0.1, 0.15) is 11.1 Å². The Kier molecular flexibility index (Phi) is 6.76. The van der Waals surface area contributed by atoms with Crippen LogP contribution >= 0.6 is 0 Å². The lowest BCUT2D eigenvalue weighted by Crippen LogP contribution is -2.10. The number of aryl methyl sites for hydroxylation is 2. The zero-order valence-corrected chi connectivity index (χ0v) is 15.0. The molecule has 0 unspecified atom stereocenters. The van der Waals surface area contributed by atoms with E-state index in [9.17, 15) is 14.9 Å². The minimum atomic E-state index is -0.492. The molecule has 0 amide bonds. The molecule has 2 aromatic carbocycles. The van der Waals surface area contributed by atoms with Crippen LogP contribution in [-0.2, 0) is 9.53 Å². The first-order valence-electron chi connectivity index (χ1n) is 8.10. The van der Waals surface area contributed by atoms with Gasteiger partial charge in [0.25, 0.3) is 5.69 Å². The topological polar surface area (TPSA) is 103 Å². The van der Waals surface area contributed by atoms with Gasteiger partial charge in [0, 0.05) is 18.2 Å². The lowest BCUT2D eigenvalue weighted by atomic mass is 10.1. The van der Waals surface area contributed by atoms with Gasteiger partial charge in [-0.15, -0.1) is 0 Å². The van der Waals surface area contributed by atoms with Crippen LogP contribution in [-0.4, -0.2) is 24.1 Å². The molecule has 0 radical (unpaired) electrons. The average molecular weight is 369 g/mol. The van der Waals surface area contributed by atoms with Crippen molar-refractivity contribution in [2.45, 2.75) is 13.8 Å². The van der Waals surface area contributed by atoms with Crippen molar-refractivity contribution in [2.24, 2.45) is 10.2 Å². The monoisotopic (exact) mass is 369 g/mol. The molecule has 0 aromatic heterocycles. The van der Waals surface area contributed by atoms with E-state index in [0.717, 1.165) is 17.2 Å². The molecule has 0 N–H and O–H groups in total. The van der Waals surface area contributed by atoms with Gasteiger partial charge in [0.05, 0.1) is 16.3 Å². The van der Waals surface area contributed by atoms with E-state index < -0.39 is 10.9 Å². The normalized spacial score (nSPS) is 10.6. The van der Waals surface area contributed by atoms with Gasteiger partial charge in [-0.2, -0.15) is 10.2 Å². The number of hydrogen-bond acceptors (Lipinski definition) is 7. The van der Waals surface area contributed by atoms with Crippen molar-refractivity contribution in [3.05, 3.63) is 70.3 Å². The highest BCUT2D eigenvalue weighted by atomic mass is 16.6. The van der Waals surface area contributed by atoms with E-state index in [4.69, 9.17) is 9.47 Å². The van der Waals surface area contributed by atoms with Crippen LogP contribution in [0.25, 0.3) is 0 Å². The number of nitro benzene ring substituents is 1. The molecule has 0 aliphatic rings. The zero-order valence-electron chi connectivity index (χ0n) is 15.0. The summed E-state index contributed by atoms with van der Waals surface area (Å²) in [5, 5.41) is 19.0. The van der Waals surface area contributed by atoms with Crippen LogP contribution in [0, 0.1) is 24.0 Å². The fourth-order valence-corrected chi connectivity index (χ4v) is 2.14. The fraction of sp³-hybridized carbons (Fsp3) is 0.211. The number of esters is 1. The molecule has 0 fully saturated rings. The van der Waals surface area contributed by atoms with Gasteiger partial charge in [-0.1, -0.05) is 6.58 Å². The van der Waals surface area contributed by atoms with Crippen LogP contribution in [0.5, 0.6) is 5.75 Å². The highest BCUT2D eigenvalue weighted by molar-refractivity contribution is 5.81. The molecule has 0 saturated heterocycles. The molecule has 140 valence electrons.